The first kappa shape index (κ1) is 12.4. The van der Waals surface area contributed by atoms with Gasteiger partial charge in [-0.3, -0.25) is 9.78 Å². The van der Waals surface area contributed by atoms with Gasteiger partial charge in [0.05, 0.1) is 20.8 Å². The van der Waals surface area contributed by atoms with Crippen LogP contribution in [-0.4, -0.2) is 11.3 Å². The van der Waals surface area contributed by atoms with E-state index in [4.69, 9.17) is 34.8 Å². The van der Waals surface area contributed by atoms with Gasteiger partial charge in [-0.25, -0.2) is 0 Å². The maximum absolute atomic E-state index is 11.0. The second kappa shape index (κ2) is 5.05. The summed E-state index contributed by atoms with van der Waals surface area (Å²) < 4.78 is 0. The fraction of sp³-hybridized carbons (Fsp3) is 0. The molecule has 0 N–H and O–H groups in total. The average Bonchev–Trinajstić information content (AvgIpc) is 2.30. The van der Waals surface area contributed by atoms with E-state index in [0.29, 0.717) is 38.2 Å². The number of nitrogens with zero attached hydrogens (tertiary/aromatic N) is 1. The van der Waals surface area contributed by atoms with Gasteiger partial charge in [0.15, 0.2) is 6.29 Å². The Balaban J connectivity index is 2.72. The Morgan fingerprint density at radius 3 is 2.35 bits per heavy atom. The van der Waals surface area contributed by atoms with Crippen LogP contribution in [0.3, 0.4) is 0 Å². The molecular formula is C12H6Cl3NO. The predicted molar refractivity (Wildman–Crippen MR) is 70.1 cm³/mol. The van der Waals surface area contributed by atoms with Crippen LogP contribution < -0.4 is 0 Å². The minimum Gasteiger partial charge on any atom is -0.298 e. The Morgan fingerprint density at radius 1 is 1.12 bits per heavy atom. The quantitative estimate of drug-likeness (QED) is 0.760. The molecule has 0 aliphatic carbocycles. The van der Waals surface area contributed by atoms with Crippen LogP contribution in [0, 0.1) is 0 Å². The highest BCUT2D eigenvalue weighted by molar-refractivity contribution is 6.39. The number of rotatable bonds is 2. The van der Waals surface area contributed by atoms with Crippen LogP contribution in [0.15, 0.2) is 30.5 Å². The van der Waals surface area contributed by atoms with Gasteiger partial charge in [-0.05, 0) is 18.2 Å². The lowest BCUT2D eigenvalue weighted by Crippen LogP contribution is -1.93. The number of aromatic nitrogens is 1. The number of hydrogen-bond donors (Lipinski definition) is 0. The minimum atomic E-state index is 0.354. The van der Waals surface area contributed by atoms with E-state index >= 15 is 0 Å². The molecule has 0 radical (unpaired) electrons. The monoisotopic (exact) mass is 285 g/mol. The number of carbonyl (C=O) groups excluding carboxylic acids is 1. The van der Waals surface area contributed by atoms with Crippen LogP contribution in [0.5, 0.6) is 0 Å². The number of pyridine rings is 1. The van der Waals surface area contributed by atoms with E-state index in [0.717, 1.165) is 0 Å². The molecule has 1 aromatic heterocycles. The lowest BCUT2D eigenvalue weighted by molar-refractivity contribution is 0.112. The lowest BCUT2D eigenvalue weighted by Gasteiger charge is -2.08. The van der Waals surface area contributed by atoms with E-state index in [1.54, 1.807) is 18.2 Å². The summed E-state index contributed by atoms with van der Waals surface area (Å²) in [5.41, 5.74) is 1.32. The molecule has 2 nitrogen and oxygen atoms in total. The highest BCUT2D eigenvalue weighted by Gasteiger charge is 2.13. The Labute approximate surface area is 113 Å². The van der Waals surface area contributed by atoms with E-state index < -0.39 is 0 Å². The molecule has 0 aliphatic rings. The first-order chi connectivity index (χ1) is 8.13. The van der Waals surface area contributed by atoms with Crippen LogP contribution in [0.25, 0.3) is 11.3 Å². The van der Waals surface area contributed by atoms with Gasteiger partial charge < -0.3 is 0 Å². The van der Waals surface area contributed by atoms with Crippen molar-refractivity contribution in [3.8, 4) is 11.3 Å². The first-order valence-corrected chi connectivity index (χ1v) is 5.82. The molecule has 2 rings (SSSR count). The lowest BCUT2D eigenvalue weighted by atomic mass is 10.1. The van der Waals surface area contributed by atoms with E-state index in [2.05, 4.69) is 4.98 Å². The van der Waals surface area contributed by atoms with Crippen molar-refractivity contribution < 1.29 is 4.79 Å². The van der Waals surface area contributed by atoms with Gasteiger partial charge in [0.2, 0.25) is 0 Å². The van der Waals surface area contributed by atoms with Crippen LogP contribution in [0.4, 0.5) is 0 Å². The van der Waals surface area contributed by atoms with E-state index in [9.17, 15) is 4.79 Å². The van der Waals surface area contributed by atoms with Crippen LogP contribution in [0.2, 0.25) is 15.1 Å². The summed E-state index contributed by atoms with van der Waals surface area (Å²) in [6.07, 6.45) is 2.12. The summed E-state index contributed by atoms with van der Waals surface area (Å²) in [5.74, 6) is 0. The molecule has 17 heavy (non-hydrogen) atoms. The zero-order chi connectivity index (χ0) is 12.4. The molecule has 86 valence electrons. The van der Waals surface area contributed by atoms with Gasteiger partial charge in [-0.1, -0.05) is 40.9 Å². The van der Waals surface area contributed by atoms with Gasteiger partial charge in [-0.2, -0.15) is 0 Å². The van der Waals surface area contributed by atoms with Crippen molar-refractivity contribution in [2.75, 3.05) is 0 Å². The SMILES string of the molecule is O=Cc1cc(Cl)cnc1-c1c(Cl)cccc1Cl. The molecule has 0 bridgehead atoms. The Bertz CT molecular complexity index is 564. The second-order valence-corrected chi connectivity index (χ2v) is 4.56. The van der Waals surface area contributed by atoms with E-state index in [1.165, 1.54) is 12.3 Å². The van der Waals surface area contributed by atoms with Gasteiger partial charge >= 0.3 is 0 Å². The van der Waals surface area contributed by atoms with Crippen molar-refractivity contribution in [2.24, 2.45) is 0 Å². The molecule has 0 spiro atoms. The van der Waals surface area contributed by atoms with Crippen molar-refractivity contribution in [1.29, 1.82) is 0 Å². The second-order valence-electron chi connectivity index (χ2n) is 3.31. The number of hydrogen-bond acceptors (Lipinski definition) is 2. The highest BCUT2D eigenvalue weighted by Crippen LogP contribution is 2.35. The number of halogens is 3. The molecule has 0 fully saturated rings. The summed E-state index contributed by atoms with van der Waals surface area (Å²) >= 11 is 17.9. The summed E-state index contributed by atoms with van der Waals surface area (Å²) in [7, 11) is 0. The molecular weight excluding hydrogens is 280 g/mol. The smallest absolute Gasteiger partial charge is 0.152 e. The number of aldehydes is 1. The van der Waals surface area contributed by atoms with E-state index in [-0.39, 0.29) is 0 Å². The normalized spacial score (nSPS) is 10.3. The fourth-order valence-electron chi connectivity index (χ4n) is 1.48. The summed E-state index contributed by atoms with van der Waals surface area (Å²) in [6, 6.07) is 6.63. The van der Waals surface area contributed by atoms with Crippen molar-refractivity contribution in [1.82, 2.24) is 4.98 Å². The molecule has 0 aliphatic heterocycles. The van der Waals surface area contributed by atoms with Gasteiger partial charge in [-0.15, -0.1) is 0 Å². The molecule has 0 saturated carbocycles. The molecule has 5 heteroatoms. The fourth-order valence-corrected chi connectivity index (χ4v) is 2.22. The van der Waals surface area contributed by atoms with E-state index in [1.807, 2.05) is 0 Å². The summed E-state index contributed by atoms with van der Waals surface area (Å²) in [5, 5.41) is 1.27. The molecule has 0 saturated heterocycles. The summed E-state index contributed by atoms with van der Waals surface area (Å²) in [4.78, 5) is 15.1. The standard InChI is InChI=1S/C12H6Cl3NO/c13-8-4-7(6-17)12(16-5-8)11-9(14)2-1-3-10(11)15/h1-6H. The topological polar surface area (TPSA) is 30.0 Å². The molecule has 1 heterocycles. The van der Waals surface area contributed by atoms with Crippen molar-refractivity contribution in [3.05, 3.63) is 51.1 Å². The maximum Gasteiger partial charge on any atom is 0.152 e. The van der Waals surface area contributed by atoms with Crippen LogP contribution >= 0.6 is 34.8 Å². The maximum atomic E-state index is 11.0. The van der Waals surface area contributed by atoms with Crippen molar-refractivity contribution in [3.63, 3.8) is 0 Å². The third-order valence-corrected chi connectivity index (χ3v) is 3.05. The third kappa shape index (κ3) is 2.44. The Kier molecular flexibility index (Phi) is 3.67. The van der Waals surface area contributed by atoms with Crippen molar-refractivity contribution in [2.45, 2.75) is 0 Å². The largest absolute Gasteiger partial charge is 0.298 e. The molecule has 0 amide bonds. The zero-order valence-corrected chi connectivity index (χ0v) is 10.7. The Hall–Kier alpha value is -1.09. The first-order valence-electron chi connectivity index (χ1n) is 4.68. The molecule has 1 aromatic carbocycles. The molecule has 0 unspecified atom stereocenters. The zero-order valence-electron chi connectivity index (χ0n) is 8.45. The third-order valence-electron chi connectivity index (χ3n) is 2.21. The summed E-state index contributed by atoms with van der Waals surface area (Å²) in [6.45, 7) is 0. The minimum absolute atomic E-state index is 0.354. The van der Waals surface area contributed by atoms with Gasteiger partial charge in [0, 0.05) is 17.3 Å². The molecule has 0 atom stereocenters. The number of benzene rings is 1. The van der Waals surface area contributed by atoms with Crippen LogP contribution in [0.1, 0.15) is 10.4 Å². The predicted octanol–water partition coefficient (Wildman–Crippen LogP) is 4.52. The molecule has 2 aromatic rings. The average molecular weight is 287 g/mol. The van der Waals surface area contributed by atoms with Crippen molar-refractivity contribution >= 4 is 41.1 Å². The highest BCUT2D eigenvalue weighted by atomic mass is 35.5. The van der Waals surface area contributed by atoms with Gasteiger partial charge in [0.25, 0.3) is 0 Å². The van der Waals surface area contributed by atoms with Gasteiger partial charge in [0.1, 0.15) is 0 Å². The Morgan fingerprint density at radius 2 is 1.76 bits per heavy atom. The van der Waals surface area contributed by atoms with Crippen LogP contribution in [-0.2, 0) is 0 Å². The number of carbonyl (C=O) groups is 1.